The summed E-state index contributed by atoms with van der Waals surface area (Å²) >= 11 is 0. The van der Waals surface area contributed by atoms with E-state index in [4.69, 9.17) is 0 Å². The van der Waals surface area contributed by atoms with Crippen LogP contribution in [0.5, 0.6) is 5.75 Å². The minimum Gasteiger partial charge on any atom is -0.508 e. The van der Waals surface area contributed by atoms with E-state index in [9.17, 15) is 5.11 Å². The van der Waals surface area contributed by atoms with E-state index in [1.165, 1.54) is 43.5 Å². The quantitative estimate of drug-likeness (QED) is 0.757. The zero-order chi connectivity index (χ0) is 12.3. The summed E-state index contributed by atoms with van der Waals surface area (Å²) in [7, 11) is 2.27. The van der Waals surface area contributed by atoms with Crippen molar-refractivity contribution in [3.63, 3.8) is 0 Å². The van der Waals surface area contributed by atoms with Crippen molar-refractivity contribution in [3.05, 3.63) is 29.3 Å². The van der Waals surface area contributed by atoms with Crippen LogP contribution in [0.15, 0.2) is 18.2 Å². The molecule has 2 heteroatoms. The van der Waals surface area contributed by atoms with Crippen molar-refractivity contribution in [2.75, 3.05) is 20.1 Å². The van der Waals surface area contributed by atoms with Crippen LogP contribution in [0.1, 0.15) is 36.3 Å². The van der Waals surface area contributed by atoms with Crippen molar-refractivity contribution < 1.29 is 5.11 Å². The Morgan fingerprint density at radius 2 is 2.22 bits per heavy atom. The molecule has 1 aliphatic heterocycles. The molecule has 1 aromatic rings. The van der Waals surface area contributed by atoms with Crippen LogP contribution in [-0.2, 0) is 6.42 Å². The zero-order valence-corrected chi connectivity index (χ0v) is 11.0. The van der Waals surface area contributed by atoms with Crippen LogP contribution in [0.2, 0.25) is 0 Å². The van der Waals surface area contributed by atoms with E-state index < -0.39 is 0 Å². The van der Waals surface area contributed by atoms with Gasteiger partial charge in [0, 0.05) is 13.1 Å². The Hall–Kier alpha value is -1.02. The van der Waals surface area contributed by atoms with Gasteiger partial charge in [0.1, 0.15) is 5.75 Å². The van der Waals surface area contributed by atoms with Gasteiger partial charge in [-0.25, -0.2) is 0 Å². The highest BCUT2D eigenvalue weighted by Gasteiger charge is 2.56. The molecule has 0 aromatic heterocycles. The van der Waals surface area contributed by atoms with Crippen molar-refractivity contribution in [1.29, 1.82) is 0 Å². The third-order valence-corrected chi connectivity index (χ3v) is 5.77. The second-order valence-corrected chi connectivity index (χ2v) is 6.64. The van der Waals surface area contributed by atoms with Crippen molar-refractivity contribution in [2.24, 2.45) is 11.3 Å². The van der Waals surface area contributed by atoms with Crippen LogP contribution in [-0.4, -0.2) is 30.1 Å². The van der Waals surface area contributed by atoms with E-state index in [2.05, 4.69) is 18.0 Å². The number of likely N-dealkylation sites (tertiary alicyclic amines) is 1. The lowest BCUT2D eigenvalue weighted by atomic mass is 9.63. The lowest BCUT2D eigenvalue weighted by molar-refractivity contribution is 0.189. The fourth-order valence-corrected chi connectivity index (χ4v) is 5.12. The summed E-state index contributed by atoms with van der Waals surface area (Å²) in [6, 6.07) is 6.06. The molecule has 0 bridgehead atoms. The highest BCUT2D eigenvalue weighted by molar-refractivity contribution is 5.42. The summed E-state index contributed by atoms with van der Waals surface area (Å²) in [6.07, 6.45) is 5.24. The van der Waals surface area contributed by atoms with Gasteiger partial charge < -0.3 is 10.0 Å². The van der Waals surface area contributed by atoms with Gasteiger partial charge in [-0.2, -0.15) is 0 Å². The van der Waals surface area contributed by atoms with Crippen LogP contribution in [0.4, 0.5) is 0 Å². The summed E-state index contributed by atoms with van der Waals surface area (Å²) in [6.45, 7) is 2.58. The van der Waals surface area contributed by atoms with Crippen LogP contribution in [0.3, 0.4) is 0 Å². The minimum absolute atomic E-state index is 0.433. The fourth-order valence-electron chi connectivity index (χ4n) is 5.12. The predicted molar refractivity (Wildman–Crippen MR) is 71.8 cm³/mol. The van der Waals surface area contributed by atoms with Gasteiger partial charge in [0.25, 0.3) is 0 Å². The predicted octanol–water partition coefficient (Wildman–Crippen LogP) is 2.76. The first-order valence-electron chi connectivity index (χ1n) is 7.19. The summed E-state index contributed by atoms with van der Waals surface area (Å²) in [4.78, 5) is 2.53. The Morgan fingerprint density at radius 1 is 1.33 bits per heavy atom. The average Bonchev–Trinajstić information content (AvgIpc) is 2.82. The lowest BCUT2D eigenvalue weighted by Crippen LogP contribution is -2.36. The number of hydrogen-bond donors (Lipinski definition) is 1. The molecule has 1 heterocycles. The number of phenolic OH excluding ortho intramolecular Hbond substituents is 1. The molecular weight excluding hydrogens is 222 g/mol. The van der Waals surface area contributed by atoms with Crippen molar-refractivity contribution in [2.45, 2.75) is 31.6 Å². The van der Waals surface area contributed by atoms with Gasteiger partial charge in [-0.05, 0) is 73.2 Å². The van der Waals surface area contributed by atoms with Gasteiger partial charge in [0.2, 0.25) is 0 Å². The Morgan fingerprint density at radius 3 is 3.11 bits per heavy atom. The molecule has 4 rings (SSSR count). The maximum Gasteiger partial charge on any atom is 0.115 e. The standard InChI is InChI=1S/C16H21NO/c1-17-9-12-2-5-15-14-4-3-13(18)8-11(14)6-7-16(12,15)10-17/h3-4,8,12,15,18H,2,5-7,9-10H2,1H3/t12?,15-,16-/m0/s1. The maximum absolute atomic E-state index is 9.65. The smallest absolute Gasteiger partial charge is 0.115 e. The SMILES string of the molecule is CN1CC2CC[C@H]3c4ccc(O)cc4CC[C@]23C1. The van der Waals surface area contributed by atoms with Gasteiger partial charge in [0.05, 0.1) is 0 Å². The Kier molecular flexibility index (Phi) is 2.12. The summed E-state index contributed by atoms with van der Waals surface area (Å²) in [5, 5.41) is 9.65. The summed E-state index contributed by atoms with van der Waals surface area (Å²) in [5.74, 6) is 2.09. The van der Waals surface area contributed by atoms with Crippen LogP contribution in [0, 0.1) is 11.3 Å². The highest BCUT2D eigenvalue weighted by Crippen LogP contribution is 2.61. The first kappa shape index (κ1) is 10.9. The molecule has 1 N–H and O–H groups in total. The zero-order valence-electron chi connectivity index (χ0n) is 11.0. The van der Waals surface area contributed by atoms with Gasteiger partial charge >= 0.3 is 0 Å². The van der Waals surface area contributed by atoms with Gasteiger partial charge in [-0.15, -0.1) is 0 Å². The molecule has 1 saturated heterocycles. The monoisotopic (exact) mass is 243 g/mol. The minimum atomic E-state index is 0.433. The number of aromatic hydroxyl groups is 1. The number of aryl methyl sites for hydroxylation is 1. The molecule has 1 spiro atoms. The molecular formula is C16H21NO. The van der Waals surface area contributed by atoms with E-state index in [0.717, 1.165) is 18.3 Å². The van der Waals surface area contributed by atoms with Crippen LogP contribution >= 0.6 is 0 Å². The van der Waals surface area contributed by atoms with Gasteiger partial charge in [-0.3, -0.25) is 0 Å². The third kappa shape index (κ3) is 1.27. The first-order chi connectivity index (χ1) is 8.69. The average molecular weight is 243 g/mol. The normalized spacial score (nSPS) is 38.3. The Labute approximate surface area is 109 Å². The number of rotatable bonds is 0. The molecule has 2 nitrogen and oxygen atoms in total. The molecule has 1 unspecified atom stereocenters. The molecule has 2 fully saturated rings. The molecule has 3 atom stereocenters. The van der Waals surface area contributed by atoms with E-state index >= 15 is 0 Å². The van der Waals surface area contributed by atoms with E-state index in [-0.39, 0.29) is 0 Å². The number of benzene rings is 1. The topological polar surface area (TPSA) is 23.5 Å². The van der Waals surface area contributed by atoms with Gasteiger partial charge in [-0.1, -0.05) is 6.07 Å². The Bertz CT molecular complexity index is 498. The highest BCUT2D eigenvalue weighted by atomic mass is 16.3. The molecule has 1 aromatic carbocycles. The lowest BCUT2D eigenvalue weighted by Gasteiger charge is -2.41. The summed E-state index contributed by atoms with van der Waals surface area (Å²) in [5.41, 5.74) is 3.50. The Balaban J connectivity index is 1.80. The van der Waals surface area contributed by atoms with E-state index in [1.807, 2.05) is 12.1 Å². The van der Waals surface area contributed by atoms with Crippen LogP contribution < -0.4 is 0 Å². The molecule has 3 aliphatic rings. The number of nitrogens with zero attached hydrogens (tertiary/aromatic N) is 1. The summed E-state index contributed by atoms with van der Waals surface area (Å²) < 4.78 is 0. The van der Waals surface area contributed by atoms with E-state index in [0.29, 0.717) is 11.2 Å². The van der Waals surface area contributed by atoms with Crippen molar-refractivity contribution in [3.8, 4) is 5.75 Å². The van der Waals surface area contributed by atoms with Crippen LogP contribution in [0.25, 0.3) is 0 Å². The van der Waals surface area contributed by atoms with Gasteiger partial charge in [0.15, 0.2) is 0 Å². The number of hydrogen-bond acceptors (Lipinski definition) is 2. The molecule has 1 saturated carbocycles. The second-order valence-electron chi connectivity index (χ2n) is 6.64. The van der Waals surface area contributed by atoms with E-state index in [1.54, 1.807) is 0 Å². The second kappa shape index (κ2) is 3.51. The maximum atomic E-state index is 9.65. The molecule has 18 heavy (non-hydrogen) atoms. The molecule has 2 aliphatic carbocycles. The largest absolute Gasteiger partial charge is 0.508 e. The molecule has 96 valence electrons. The number of phenols is 1. The fraction of sp³-hybridized carbons (Fsp3) is 0.625. The van der Waals surface area contributed by atoms with Crippen molar-refractivity contribution in [1.82, 2.24) is 4.90 Å². The molecule has 0 radical (unpaired) electrons. The third-order valence-electron chi connectivity index (χ3n) is 5.77. The number of fused-ring (bicyclic) bond motifs is 2. The first-order valence-corrected chi connectivity index (χ1v) is 7.19. The van der Waals surface area contributed by atoms with Crippen molar-refractivity contribution >= 4 is 0 Å². The molecule has 0 amide bonds.